The summed E-state index contributed by atoms with van der Waals surface area (Å²) in [4.78, 5) is 24.5. The van der Waals surface area contributed by atoms with E-state index >= 15 is 0 Å². The highest BCUT2D eigenvalue weighted by Crippen LogP contribution is 2.33. The molecule has 23 heavy (non-hydrogen) atoms. The molecule has 5 heteroatoms. The molecular formula is C18H17NO4. The first-order valence-electron chi connectivity index (χ1n) is 7.31. The third kappa shape index (κ3) is 3.18. The topological polar surface area (TPSA) is 75.6 Å². The second kappa shape index (κ2) is 5.43. The summed E-state index contributed by atoms with van der Waals surface area (Å²) in [6, 6.07) is 11.1. The van der Waals surface area contributed by atoms with Gasteiger partial charge in [-0.2, -0.15) is 0 Å². The molecular weight excluding hydrogens is 294 g/mol. The Morgan fingerprint density at radius 3 is 2.74 bits per heavy atom. The van der Waals surface area contributed by atoms with Crippen LogP contribution in [-0.4, -0.2) is 22.4 Å². The van der Waals surface area contributed by atoms with Gasteiger partial charge in [-0.25, -0.2) is 0 Å². The molecule has 0 atom stereocenters. The normalized spacial score (nSPS) is 15.5. The number of ether oxygens (including phenoxy) is 1. The van der Waals surface area contributed by atoms with Crippen LogP contribution in [0.15, 0.2) is 42.5 Å². The van der Waals surface area contributed by atoms with Crippen molar-refractivity contribution < 1.29 is 19.4 Å². The number of phenolic OH excluding ortho intramolecular Hbond substituents is 1. The van der Waals surface area contributed by atoms with E-state index < -0.39 is 5.60 Å². The van der Waals surface area contributed by atoms with Crippen molar-refractivity contribution in [3.63, 3.8) is 0 Å². The highest BCUT2D eigenvalue weighted by atomic mass is 16.5. The van der Waals surface area contributed by atoms with E-state index in [1.807, 2.05) is 13.8 Å². The van der Waals surface area contributed by atoms with Crippen molar-refractivity contribution in [2.45, 2.75) is 25.9 Å². The molecule has 0 bridgehead atoms. The summed E-state index contributed by atoms with van der Waals surface area (Å²) >= 11 is 0. The molecule has 0 spiro atoms. The van der Waals surface area contributed by atoms with E-state index in [1.165, 1.54) is 12.1 Å². The van der Waals surface area contributed by atoms with Crippen LogP contribution in [0.1, 0.15) is 41.0 Å². The monoisotopic (exact) mass is 311 g/mol. The zero-order valence-electron chi connectivity index (χ0n) is 12.9. The standard InChI is InChI=1S/C18H17NO4/c1-18(2)10-15(21)14-8-11(6-7-16(14)23-18)17(22)19-12-4-3-5-13(20)9-12/h3-9,20H,10H2,1-2H3,(H,19,22). The van der Waals surface area contributed by atoms with Crippen molar-refractivity contribution in [1.29, 1.82) is 0 Å². The molecule has 2 aromatic carbocycles. The van der Waals surface area contributed by atoms with Gasteiger partial charge in [0.25, 0.3) is 5.91 Å². The van der Waals surface area contributed by atoms with E-state index in [0.29, 0.717) is 22.6 Å². The average Bonchev–Trinajstić information content (AvgIpc) is 2.45. The summed E-state index contributed by atoms with van der Waals surface area (Å²) in [5.41, 5.74) is 0.739. The highest BCUT2D eigenvalue weighted by molar-refractivity contribution is 6.07. The van der Waals surface area contributed by atoms with Crippen LogP contribution >= 0.6 is 0 Å². The van der Waals surface area contributed by atoms with Crippen LogP contribution < -0.4 is 10.1 Å². The number of nitrogens with one attached hydrogen (secondary N) is 1. The molecule has 1 aliphatic heterocycles. The summed E-state index contributed by atoms with van der Waals surface area (Å²) in [5.74, 6) is 0.179. The van der Waals surface area contributed by atoms with Gasteiger partial charge < -0.3 is 15.2 Å². The van der Waals surface area contributed by atoms with Crippen molar-refractivity contribution in [2.24, 2.45) is 0 Å². The minimum absolute atomic E-state index is 0.0387. The van der Waals surface area contributed by atoms with E-state index in [2.05, 4.69) is 5.32 Å². The maximum atomic E-state index is 12.3. The Morgan fingerprint density at radius 1 is 1.22 bits per heavy atom. The molecule has 3 rings (SSSR count). The van der Waals surface area contributed by atoms with Crippen LogP contribution in [0.4, 0.5) is 5.69 Å². The van der Waals surface area contributed by atoms with Crippen molar-refractivity contribution in [1.82, 2.24) is 0 Å². The molecule has 2 N–H and O–H groups in total. The molecule has 1 heterocycles. The number of rotatable bonds is 2. The van der Waals surface area contributed by atoms with Crippen molar-refractivity contribution in [3.05, 3.63) is 53.6 Å². The maximum absolute atomic E-state index is 12.3. The summed E-state index contributed by atoms with van der Waals surface area (Å²) in [6.07, 6.45) is 0.275. The number of ketones is 1. The SMILES string of the molecule is CC1(C)CC(=O)c2cc(C(=O)Nc3cccc(O)c3)ccc2O1. The van der Waals surface area contributed by atoms with Crippen LogP contribution in [0.5, 0.6) is 11.5 Å². The number of carbonyl (C=O) groups is 2. The number of carbonyl (C=O) groups excluding carboxylic acids is 2. The number of fused-ring (bicyclic) bond motifs is 1. The minimum atomic E-state index is -0.532. The van der Waals surface area contributed by atoms with Gasteiger partial charge in [0.15, 0.2) is 5.78 Å². The van der Waals surface area contributed by atoms with Gasteiger partial charge in [0.05, 0.1) is 12.0 Å². The molecule has 0 aromatic heterocycles. The first kappa shape index (κ1) is 15.1. The lowest BCUT2D eigenvalue weighted by molar-refractivity contribution is 0.0620. The van der Waals surface area contributed by atoms with E-state index in [1.54, 1.807) is 30.3 Å². The van der Waals surface area contributed by atoms with E-state index in [0.717, 1.165) is 0 Å². The minimum Gasteiger partial charge on any atom is -0.508 e. The Hall–Kier alpha value is -2.82. The molecule has 0 unspecified atom stereocenters. The van der Waals surface area contributed by atoms with E-state index in [-0.39, 0.29) is 23.9 Å². The summed E-state index contributed by atoms with van der Waals surface area (Å²) in [6.45, 7) is 3.71. The molecule has 1 amide bonds. The molecule has 0 saturated carbocycles. The van der Waals surface area contributed by atoms with Gasteiger partial charge in [0.2, 0.25) is 0 Å². The second-order valence-corrected chi connectivity index (χ2v) is 6.18. The first-order valence-corrected chi connectivity index (χ1v) is 7.31. The first-order chi connectivity index (χ1) is 10.8. The number of amides is 1. The predicted octanol–water partition coefficient (Wildman–Crippen LogP) is 3.39. The van der Waals surface area contributed by atoms with Crippen LogP contribution in [0, 0.1) is 0 Å². The Kier molecular flexibility index (Phi) is 3.56. The number of aromatic hydroxyl groups is 1. The zero-order chi connectivity index (χ0) is 16.6. The molecule has 1 aliphatic rings. The van der Waals surface area contributed by atoms with Crippen LogP contribution in [0.3, 0.4) is 0 Å². The van der Waals surface area contributed by atoms with Crippen molar-refractivity contribution >= 4 is 17.4 Å². The van der Waals surface area contributed by atoms with E-state index in [9.17, 15) is 14.7 Å². The van der Waals surface area contributed by atoms with Crippen LogP contribution in [0.25, 0.3) is 0 Å². The predicted molar refractivity (Wildman–Crippen MR) is 86.2 cm³/mol. The molecule has 0 fully saturated rings. The van der Waals surface area contributed by atoms with Gasteiger partial charge >= 0.3 is 0 Å². The van der Waals surface area contributed by atoms with Gasteiger partial charge in [-0.1, -0.05) is 6.07 Å². The molecule has 0 aliphatic carbocycles. The van der Waals surface area contributed by atoms with Crippen LogP contribution in [-0.2, 0) is 0 Å². The van der Waals surface area contributed by atoms with Crippen LogP contribution in [0.2, 0.25) is 0 Å². The molecule has 2 aromatic rings. The summed E-state index contributed by atoms with van der Waals surface area (Å²) < 4.78 is 5.77. The fraction of sp³-hybridized carbons (Fsp3) is 0.222. The lowest BCUT2D eigenvalue weighted by Crippen LogP contribution is -2.36. The number of phenols is 1. The zero-order valence-corrected chi connectivity index (χ0v) is 12.9. The number of hydrogen-bond donors (Lipinski definition) is 2. The van der Waals surface area contributed by atoms with Gasteiger partial charge in [0.1, 0.15) is 17.1 Å². The third-order valence-electron chi connectivity index (χ3n) is 3.62. The molecule has 118 valence electrons. The highest BCUT2D eigenvalue weighted by Gasteiger charge is 2.32. The third-order valence-corrected chi connectivity index (χ3v) is 3.62. The molecule has 0 saturated heterocycles. The molecule has 5 nitrogen and oxygen atoms in total. The maximum Gasteiger partial charge on any atom is 0.255 e. The fourth-order valence-electron chi connectivity index (χ4n) is 2.58. The second-order valence-electron chi connectivity index (χ2n) is 6.18. The Labute approximate surface area is 133 Å². The van der Waals surface area contributed by atoms with Crippen molar-refractivity contribution in [2.75, 3.05) is 5.32 Å². The van der Waals surface area contributed by atoms with Gasteiger partial charge in [-0.3, -0.25) is 9.59 Å². The Morgan fingerprint density at radius 2 is 2.00 bits per heavy atom. The number of anilines is 1. The fourth-order valence-corrected chi connectivity index (χ4v) is 2.58. The quantitative estimate of drug-likeness (QED) is 0.891. The Balaban J connectivity index is 1.86. The van der Waals surface area contributed by atoms with E-state index in [4.69, 9.17) is 4.74 Å². The summed E-state index contributed by atoms with van der Waals surface area (Å²) in [5, 5.41) is 12.1. The average molecular weight is 311 g/mol. The lowest BCUT2D eigenvalue weighted by atomic mass is 9.92. The number of benzene rings is 2. The van der Waals surface area contributed by atoms with Gasteiger partial charge in [-0.05, 0) is 44.2 Å². The Bertz CT molecular complexity index is 795. The lowest BCUT2D eigenvalue weighted by Gasteiger charge is -2.31. The largest absolute Gasteiger partial charge is 0.508 e. The number of Topliss-reactive ketones (excluding diaryl/α,β-unsaturated/α-hetero) is 1. The summed E-state index contributed by atoms with van der Waals surface area (Å²) in [7, 11) is 0. The van der Waals surface area contributed by atoms with Crippen molar-refractivity contribution in [3.8, 4) is 11.5 Å². The van der Waals surface area contributed by atoms with Gasteiger partial charge in [-0.15, -0.1) is 0 Å². The molecule has 0 radical (unpaired) electrons. The smallest absolute Gasteiger partial charge is 0.255 e. The van der Waals surface area contributed by atoms with Gasteiger partial charge in [0, 0.05) is 17.3 Å². The number of hydrogen-bond acceptors (Lipinski definition) is 4.